The molecule has 1 rings (SSSR count). The summed E-state index contributed by atoms with van der Waals surface area (Å²) >= 11 is 0. The van der Waals surface area contributed by atoms with Gasteiger partial charge in [0, 0.05) is 2.74 Å². The van der Waals surface area contributed by atoms with Crippen molar-refractivity contribution in [2.75, 3.05) is 0 Å². The van der Waals surface area contributed by atoms with Crippen LogP contribution in [0.5, 0.6) is 0 Å². The van der Waals surface area contributed by atoms with E-state index in [4.69, 9.17) is 8.27 Å². The van der Waals surface area contributed by atoms with E-state index in [0.717, 1.165) is 5.92 Å². The van der Waals surface area contributed by atoms with Gasteiger partial charge in [0.25, 0.3) is 0 Å². The lowest BCUT2D eigenvalue weighted by Crippen LogP contribution is -2.29. The molecule has 0 bridgehead atoms. The summed E-state index contributed by atoms with van der Waals surface area (Å²) in [6, 6.07) is 0. The average molecular weight is 154 g/mol. The second kappa shape index (κ2) is 2.92. The highest BCUT2D eigenvalue weighted by atomic mass is 15.0. The normalized spacial score (nSPS) is 55.4. The van der Waals surface area contributed by atoms with Gasteiger partial charge in [0.2, 0.25) is 0 Å². The van der Waals surface area contributed by atoms with Crippen molar-refractivity contribution in [3.8, 4) is 0 Å². The zero-order valence-corrected chi connectivity index (χ0v) is 7.33. The van der Waals surface area contributed by atoms with Gasteiger partial charge in [-0.05, 0) is 36.6 Å². The van der Waals surface area contributed by atoms with Crippen LogP contribution < -0.4 is 5.53 Å². The third kappa shape index (κ3) is 1.19. The molecule has 1 saturated carbocycles. The van der Waals surface area contributed by atoms with E-state index in [2.05, 4.69) is 5.11 Å². The Hall–Kier alpha value is -0.400. The van der Waals surface area contributed by atoms with E-state index in [0.29, 0.717) is 6.42 Å². The van der Waals surface area contributed by atoms with Gasteiger partial charge in [-0.3, -0.25) is 0 Å². The highest BCUT2D eigenvalue weighted by molar-refractivity contribution is 5.11. The molecule has 0 spiro atoms. The first-order valence-electron chi connectivity index (χ1n) is 5.20. The van der Waals surface area contributed by atoms with Crippen LogP contribution in [0.4, 0.5) is 0 Å². The maximum atomic E-state index is 9.00. The van der Waals surface area contributed by atoms with E-state index in [9.17, 15) is 0 Å². The predicted octanol–water partition coefficient (Wildman–Crippen LogP) is 2.41. The third-order valence-electron chi connectivity index (χ3n) is 2.82. The molecule has 0 aromatic rings. The molecule has 62 valence electrons. The SMILES string of the molecule is [2H]C1[C](C)[C@@H](C)[C@](CC)(N=[N])C1[2H]. The number of nitrogens with zero attached hydrogens (tertiary/aromatic N) is 2. The third-order valence-corrected chi connectivity index (χ3v) is 2.82. The lowest BCUT2D eigenvalue weighted by Gasteiger charge is -2.26. The standard InChI is InChI=1S/C9H16N2/c1-4-9(11-10)6-5-7(2)8(9)3/h8H,4-6H2,1-3H3/t8-,9-/m1/s1/i5D,6D/t5?,6?,8-,9-. The molecule has 1 fully saturated rings. The minimum absolute atomic E-state index is 0.0347. The molecule has 1 aliphatic carbocycles. The topological polar surface area (TPSA) is 34.7 Å². The summed E-state index contributed by atoms with van der Waals surface area (Å²) in [6.07, 6.45) is -0.519. The number of hydrogen-bond donors (Lipinski definition) is 0. The Morgan fingerprint density at radius 3 is 2.73 bits per heavy atom. The van der Waals surface area contributed by atoms with E-state index in [-0.39, 0.29) is 5.92 Å². The summed E-state index contributed by atoms with van der Waals surface area (Å²) in [7, 11) is 0. The maximum Gasteiger partial charge on any atom is 0.0867 e. The van der Waals surface area contributed by atoms with Gasteiger partial charge in [0.1, 0.15) is 0 Å². The van der Waals surface area contributed by atoms with Crippen molar-refractivity contribution in [2.45, 2.75) is 45.5 Å². The second-order valence-electron chi connectivity index (χ2n) is 3.24. The molecule has 11 heavy (non-hydrogen) atoms. The summed E-state index contributed by atoms with van der Waals surface area (Å²) in [4.78, 5) is 0. The Kier molecular flexibility index (Phi) is 1.63. The molecule has 0 aromatic carbocycles. The van der Waals surface area contributed by atoms with Crippen molar-refractivity contribution in [1.82, 2.24) is 5.53 Å². The largest absolute Gasteiger partial charge is 0.160 e. The van der Waals surface area contributed by atoms with Crippen LogP contribution in [0.1, 0.15) is 42.7 Å². The van der Waals surface area contributed by atoms with Crippen molar-refractivity contribution in [2.24, 2.45) is 11.0 Å². The maximum absolute atomic E-state index is 9.00. The van der Waals surface area contributed by atoms with E-state index < -0.39 is 18.3 Å². The van der Waals surface area contributed by atoms with Crippen LogP contribution in [0.25, 0.3) is 0 Å². The molecule has 2 unspecified atom stereocenters. The van der Waals surface area contributed by atoms with Gasteiger partial charge in [0.05, 0.1) is 5.54 Å². The molecule has 0 N–H and O–H groups in total. The Morgan fingerprint density at radius 1 is 1.91 bits per heavy atom. The van der Waals surface area contributed by atoms with Gasteiger partial charge in [-0.1, -0.05) is 20.8 Å². The number of rotatable bonds is 2. The Labute approximate surface area is 71.7 Å². The van der Waals surface area contributed by atoms with Crippen LogP contribution in [-0.4, -0.2) is 5.54 Å². The van der Waals surface area contributed by atoms with Gasteiger partial charge in [-0.25, -0.2) is 0 Å². The molecule has 2 heteroatoms. The predicted molar refractivity (Wildman–Crippen MR) is 44.9 cm³/mol. The first kappa shape index (κ1) is 6.15. The molecule has 0 aromatic heterocycles. The van der Waals surface area contributed by atoms with Crippen LogP contribution in [0.15, 0.2) is 5.11 Å². The van der Waals surface area contributed by atoms with Gasteiger partial charge in [0.15, 0.2) is 0 Å². The minimum atomic E-state index is -0.740. The zero-order chi connectivity index (χ0) is 10.2. The first-order chi connectivity index (χ1) is 6.01. The van der Waals surface area contributed by atoms with E-state index in [1.807, 2.05) is 20.8 Å². The fourth-order valence-corrected chi connectivity index (χ4v) is 1.57. The molecule has 0 heterocycles. The van der Waals surface area contributed by atoms with Crippen molar-refractivity contribution in [1.29, 1.82) is 0 Å². The fourth-order valence-electron chi connectivity index (χ4n) is 1.57. The minimum Gasteiger partial charge on any atom is -0.160 e. The second-order valence-corrected chi connectivity index (χ2v) is 3.24. The Balaban J connectivity index is 3.03. The Morgan fingerprint density at radius 2 is 2.55 bits per heavy atom. The summed E-state index contributed by atoms with van der Waals surface area (Å²) in [5.74, 6) is 0.993. The van der Waals surface area contributed by atoms with Crippen molar-refractivity contribution in [3.05, 3.63) is 5.92 Å². The van der Waals surface area contributed by atoms with Gasteiger partial charge in [-0.15, -0.1) is 0 Å². The summed E-state index contributed by atoms with van der Waals surface area (Å²) in [6.45, 7) is 5.73. The monoisotopic (exact) mass is 154 g/mol. The lowest BCUT2D eigenvalue weighted by atomic mass is 9.84. The van der Waals surface area contributed by atoms with Crippen LogP contribution in [-0.2, 0) is 0 Å². The van der Waals surface area contributed by atoms with Crippen molar-refractivity contribution < 1.29 is 2.74 Å². The van der Waals surface area contributed by atoms with E-state index in [1.165, 1.54) is 0 Å². The van der Waals surface area contributed by atoms with E-state index in [1.54, 1.807) is 0 Å². The van der Waals surface area contributed by atoms with Crippen LogP contribution in [0, 0.1) is 11.8 Å². The lowest BCUT2D eigenvalue weighted by molar-refractivity contribution is 0.326. The molecular formula is C9H16N2. The summed E-state index contributed by atoms with van der Waals surface area (Å²) in [5.41, 5.74) is 8.26. The smallest absolute Gasteiger partial charge is 0.0867 e. The Bertz CT molecular complexity index is 194. The zero-order valence-electron chi connectivity index (χ0n) is 9.33. The fraction of sp³-hybridized carbons (Fsp3) is 0.889. The highest BCUT2D eigenvalue weighted by Crippen LogP contribution is 2.45. The molecular weight excluding hydrogens is 136 g/mol. The molecule has 2 radical (unpaired) electrons. The summed E-state index contributed by atoms with van der Waals surface area (Å²) < 4.78 is 15.6. The van der Waals surface area contributed by atoms with Crippen LogP contribution >= 0.6 is 0 Å². The molecule has 1 aliphatic rings. The average Bonchev–Trinajstić information content (AvgIpc) is 2.31. The molecule has 2 nitrogen and oxygen atoms in total. The first-order valence-corrected chi connectivity index (χ1v) is 4.05. The summed E-state index contributed by atoms with van der Waals surface area (Å²) in [5, 5.41) is 3.37. The quantitative estimate of drug-likeness (QED) is 0.547. The molecule has 0 amide bonds. The molecule has 4 atom stereocenters. The molecule has 0 aliphatic heterocycles. The van der Waals surface area contributed by atoms with Crippen molar-refractivity contribution in [3.63, 3.8) is 0 Å². The van der Waals surface area contributed by atoms with E-state index >= 15 is 0 Å². The van der Waals surface area contributed by atoms with Crippen molar-refractivity contribution >= 4 is 0 Å². The number of hydrogen-bond acceptors (Lipinski definition) is 1. The molecule has 0 saturated heterocycles. The van der Waals surface area contributed by atoms with Crippen LogP contribution in [0.3, 0.4) is 0 Å². The van der Waals surface area contributed by atoms with Gasteiger partial charge >= 0.3 is 0 Å². The van der Waals surface area contributed by atoms with Gasteiger partial charge < -0.3 is 0 Å². The highest BCUT2D eigenvalue weighted by Gasteiger charge is 2.43. The van der Waals surface area contributed by atoms with Crippen LogP contribution in [0.2, 0.25) is 0 Å². The van der Waals surface area contributed by atoms with Gasteiger partial charge in [-0.2, -0.15) is 5.11 Å².